The van der Waals surface area contributed by atoms with Gasteiger partial charge in [0.05, 0.1) is 0 Å². The minimum Gasteiger partial charge on any atom is -0.480 e. The van der Waals surface area contributed by atoms with Crippen LogP contribution < -0.4 is 5.32 Å². The normalized spacial score (nSPS) is 12.7. The summed E-state index contributed by atoms with van der Waals surface area (Å²) in [5.74, 6) is 0.322. The summed E-state index contributed by atoms with van der Waals surface area (Å²) in [6.45, 7) is 3.26. The third-order valence-corrected chi connectivity index (χ3v) is 2.63. The first-order valence-electron chi connectivity index (χ1n) is 4.76. The molecule has 0 aromatic heterocycles. The van der Waals surface area contributed by atoms with Crippen LogP contribution >= 0.6 is 11.8 Å². The third-order valence-electron chi connectivity index (χ3n) is 1.68. The second kappa shape index (κ2) is 8.35. The van der Waals surface area contributed by atoms with E-state index in [1.165, 1.54) is 6.92 Å². The van der Waals surface area contributed by atoms with Gasteiger partial charge >= 0.3 is 5.97 Å². The Hall–Kier alpha value is -0.970. The Labute approximate surface area is 94.1 Å². The molecule has 2 N–H and O–H groups in total. The van der Waals surface area contributed by atoms with E-state index < -0.39 is 12.0 Å². The molecule has 0 spiro atoms. The number of aliphatic carboxylic acids is 1. The van der Waals surface area contributed by atoms with E-state index in [9.17, 15) is 9.59 Å². The Bertz CT molecular complexity index is 241. The van der Waals surface area contributed by atoms with Crippen molar-refractivity contribution in [2.75, 3.05) is 11.5 Å². The minimum absolute atomic E-state index is 0.305. The van der Waals surface area contributed by atoms with E-state index >= 15 is 0 Å². The Kier molecular flexibility index (Phi) is 7.81. The van der Waals surface area contributed by atoms with Crippen LogP contribution in [0.15, 0.2) is 12.2 Å². The van der Waals surface area contributed by atoms with Crippen LogP contribution in [0.25, 0.3) is 0 Å². The van der Waals surface area contributed by atoms with Crippen molar-refractivity contribution in [2.45, 2.75) is 26.3 Å². The number of thioether (sulfide) groups is 1. The standard InChI is InChI=1S/C10H17NO3S/c1-3-4-6-15-7-5-9(10(13)14)11-8(2)12/h3-4,9H,5-7H2,1-2H3,(H,11,12)(H,13,14). The van der Waals surface area contributed by atoms with Gasteiger partial charge in [0.1, 0.15) is 6.04 Å². The van der Waals surface area contributed by atoms with Crippen LogP contribution in [0.2, 0.25) is 0 Å². The van der Waals surface area contributed by atoms with E-state index in [-0.39, 0.29) is 5.91 Å². The van der Waals surface area contributed by atoms with Crippen LogP contribution in [-0.4, -0.2) is 34.5 Å². The summed E-state index contributed by atoms with van der Waals surface area (Å²) in [6.07, 6.45) is 4.42. The first-order valence-corrected chi connectivity index (χ1v) is 5.92. The van der Waals surface area contributed by atoms with Gasteiger partial charge in [-0.05, 0) is 19.1 Å². The van der Waals surface area contributed by atoms with Gasteiger partial charge < -0.3 is 10.4 Å². The van der Waals surface area contributed by atoms with Crippen molar-refractivity contribution in [3.05, 3.63) is 12.2 Å². The highest BCUT2D eigenvalue weighted by atomic mass is 32.2. The van der Waals surface area contributed by atoms with Crippen molar-refractivity contribution < 1.29 is 14.7 Å². The number of carboxylic acid groups (broad SMARTS) is 1. The molecule has 5 heteroatoms. The van der Waals surface area contributed by atoms with E-state index in [0.29, 0.717) is 6.42 Å². The predicted molar refractivity (Wildman–Crippen MR) is 62.0 cm³/mol. The fourth-order valence-corrected chi connectivity index (χ4v) is 1.85. The number of hydrogen-bond donors (Lipinski definition) is 2. The molecule has 0 bridgehead atoms. The van der Waals surface area contributed by atoms with Gasteiger partial charge in [-0.15, -0.1) is 0 Å². The molecule has 0 aliphatic carbocycles. The molecule has 1 atom stereocenters. The Morgan fingerprint density at radius 2 is 2.20 bits per heavy atom. The van der Waals surface area contributed by atoms with E-state index in [1.54, 1.807) is 11.8 Å². The molecule has 0 saturated carbocycles. The number of amides is 1. The van der Waals surface area contributed by atoms with Crippen LogP contribution in [-0.2, 0) is 9.59 Å². The summed E-state index contributed by atoms with van der Waals surface area (Å²) in [7, 11) is 0. The summed E-state index contributed by atoms with van der Waals surface area (Å²) in [5, 5.41) is 11.2. The third kappa shape index (κ3) is 8.05. The van der Waals surface area contributed by atoms with Gasteiger partial charge in [0.25, 0.3) is 0 Å². The number of carbonyl (C=O) groups is 2. The number of nitrogens with one attached hydrogen (secondary N) is 1. The molecule has 0 aliphatic rings. The summed E-state index contributed by atoms with van der Waals surface area (Å²) < 4.78 is 0. The van der Waals surface area contributed by atoms with E-state index in [2.05, 4.69) is 5.32 Å². The zero-order valence-corrected chi connectivity index (χ0v) is 9.84. The molecule has 0 saturated heterocycles. The second-order valence-electron chi connectivity index (χ2n) is 3.02. The lowest BCUT2D eigenvalue weighted by molar-refractivity contribution is -0.141. The van der Waals surface area contributed by atoms with Crippen molar-refractivity contribution in [3.63, 3.8) is 0 Å². The quantitative estimate of drug-likeness (QED) is 0.511. The molecule has 1 unspecified atom stereocenters. The highest BCUT2D eigenvalue weighted by Gasteiger charge is 2.17. The molecule has 0 aliphatic heterocycles. The average molecular weight is 231 g/mol. The highest BCUT2D eigenvalue weighted by Crippen LogP contribution is 2.05. The monoisotopic (exact) mass is 231 g/mol. The Balaban J connectivity index is 3.76. The van der Waals surface area contributed by atoms with E-state index in [1.807, 2.05) is 19.1 Å². The van der Waals surface area contributed by atoms with Crippen molar-refractivity contribution in [1.82, 2.24) is 5.32 Å². The first kappa shape index (κ1) is 14.0. The molecule has 1 amide bonds. The maximum atomic E-state index is 10.7. The molecule has 0 fully saturated rings. The second-order valence-corrected chi connectivity index (χ2v) is 4.17. The molecule has 15 heavy (non-hydrogen) atoms. The summed E-state index contributed by atoms with van der Waals surface area (Å²) in [6, 6.07) is -0.763. The molecule has 86 valence electrons. The SMILES string of the molecule is CC=CCSCCC(NC(C)=O)C(=O)O. The predicted octanol–water partition coefficient (Wildman–Crippen LogP) is 1.28. The number of hydrogen-bond acceptors (Lipinski definition) is 3. The maximum absolute atomic E-state index is 10.7. The molecular formula is C10H17NO3S. The molecule has 0 aromatic rings. The smallest absolute Gasteiger partial charge is 0.326 e. The topological polar surface area (TPSA) is 66.4 Å². The summed E-state index contributed by atoms with van der Waals surface area (Å²) >= 11 is 1.65. The van der Waals surface area contributed by atoms with E-state index in [0.717, 1.165) is 11.5 Å². The fourth-order valence-electron chi connectivity index (χ4n) is 0.952. The van der Waals surface area contributed by atoms with Crippen LogP contribution in [0, 0.1) is 0 Å². The van der Waals surface area contributed by atoms with Gasteiger partial charge in [-0.1, -0.05) is 12.2 Å². The van der Waals surface area contributed by atoms with Gasteiger partial charge in [0, 0.05) is 12.7 Å². The zero-order chi connectivity index (χ0) is 11.7. The van der Waals surface area contributed by atoms with Crippen molar-refractivity contribution >= 4 is 23.6 Å². The molecule has 0 radical (unpaired) electrons. The van der Waals surface area contributed by atoms with Crippen molar-refractivity contribution in [2.24, 2.45) is 0 Å². The van der Waals surface area contributed by atoms with Crippen molar-refractivity contribution in [3.8, 4) is 0 Å². The minimum atomic E-state index is -0.975. The van der Waals surface area contributed by atoms with E-state index in [4.69, 9.17) is 5.11 Å². The lowest BCUT2D eigenvalue weighted by Crippen LogP contribution is -2.39. The molecule has 0 aromatic carbocycles. The number of rotatable bonds is 7. The summed E-state index contributed by atoms with van der Waals surface area (Å²) in [4.78, 5) is 21.4. The van der Waals surface area contributed by atoms with Gasteiger partial charge in [-0.2, -0.15) is 11.8 Å². The lowest BCUT2D eigenvalue weighted by atomic mass is 10.2. The zero-order valence-electron chi connectivity index (χ0n) is 9.03. The molecule has 4 nitrogen and oxygen atoms in total. The molecule has 0 rings (SSSR count). The van der Waals surface area contributed by atoms with Crippen LogP contribution in [0.3, 0.4) is 0 Å². The van der Waals surface area contributed by atoms with Crippen molar-refractivity contribution in [1.29, 1.82) is 0 Å². The summed E-state index contributed by atoms with van der Waals surface area (Å²) in [5.41, 5.74) is 0. The van der Waals surface area contributed by atoms with Gasteiger partial charge in [-0.25, -0.2) is 4.79 Å². The lowest BCUT2D eigenvalue weighted by Gasteiger charge is -2.12. The molecular weight excluding hydrogens is 214 g/mol. The largest absolute Gasteiger partial charge is 0.480 e. The average Bonchev–Trinajstić information content (AvgIpc) is 2.15. The maximum Gasteiger partial charge on any atom is 0.326 e. The Morgan fingerprint density at radius 1 is 1.53 bits per heavy atom. The van der Waals surface area contributed by atoms with Gasteiger partial charge in [-0.3, -0.25) is 4.79 Å². The highest BCUT2D eigenvalue weighted by molar-refractivity contribution is 7.99. The first-order chi connectivity index (χ1) is 7.07. The fraction of sp³-hybridized carbons (Fsp3) is 0.600. The van der Waals surface area contributed by atoms with Crippen LogP contribution in [0.1, 0.15) is 20.3 Å². The number of carbonyl (C=O) groups excluding carboxylic acids is 1. The van der Waals surface area contributed by atoms with Gasteiger partial charge in [0.15, 0.2) is 0 Å². The number of carboxylic acids is 1. The van der Waals surface area contributed by atoms with Gasteiger partial charge in [0.2, 0.25) is 5.91 Å². The number of allylic oxidation sites excluding steroid dienone is 1. The molecule has 0 heterocycles. The Morgan fingerprint density at radius 3 is 2.67 bits per heavy atom. The van der Waals surface area contributed by atoms with Crippen LogP contribution in [0.5, 0.6) is 0 Å². The van der Waals surface area contributed by atoms with Crippen LogP contribution in [0.4, 0.5) is 0 Å².